The SMILES string of the molecule is C=C[C@@]1(OCCO[C@H]2CN(C(C)C)C[C@H]2OC)CN(C(C)C)C[C@@H]1OC. The molecule has 0 aliphatic carbocycles. The Hall–Kier alpha value is -0.500. The molecule has 2 saturated heterocycles. The molecule has 0 spiro atoms. The molecule has 0 N–H and O–H groups in total. The van der Waals surface area contributed by atoms with Gasteiger partial charge < -0.3 is 18.9 Å². The molecule has 0 unspecified atom stereocenters. The Morgan fingerprint density at radius 3 is 2.15 bits per heavy atom. The molecule has 0 radical (unpaired) electrons. The minimum Gasteiger partial charge on any atom is -0.377 e. The van der Waals surface area contributed by atoms with Gasteiger partial charge in [-0.15, -0.1) is 6.58 Å². The molecule has 0 saturated carbocycles. The normalized spacial score (nSPS) is 33.6. The highest BCUT2D eigenvalue weighted by Gasteiger charge is 2.46. The predicted molar refractivity (Wildman–Crippen MR) is 104 cm³/mol. The third-order valence-electron chi connectivity index (χ3n) is 5.82. The number of likely N-dealkylation sites (tertiary alicyclic amines) is 2. The summed E-state index contributed by atoms with van der Waals surface area (Å²) in [7, 11) is 3.51. The topological polar surface area (TPSA) is 43.4 Å². The van der Waals surface area contributed by atoms with Crippen LogP contribution in [0.4, 0.5) is 0 Å². The highest BCUT2D eigenvalue weighted by Crippen LogP contribution is 2.30. The van der Waals surface area contributed by atoms with E-state index in [0.717, 1.165) is 26.2 Å². The molecule has 0 aromatic carbocycles. The van der Waals surface area contributed by atoms with Crippen molar-refractivity contribution in [1.82, 2.24) is 9.80 Å². The van der Waals surface area contributed by atoms with Crippen LogP contribution in [0.25, 0.3) is 0 Å². The average Bonchev–Trinajstić information content (AvgIpc) is 3.20. The maximum Gasteiger partial charge on any atom is 0.126 e. The maximum absolute atomic E-state index is 6.26. The average molecular weight is 371 g/mol. The fraction of sp³-hybridized carbons (Fsp3) is 0.900. The van der Waals surface area contributed by atoms with E-state index in [0.29, 0.717) is 25.3 Å². The van der Waals surface area contributed by atoms with Crippen LogP contribution in [0.3, 0.4) is 0 Å². The number of rotatable bonds is 10. The molecule has 2 heterocycles. The van der Waals surface area contributed by atoms with E-state index in [9.17, 15) is 0 Å². The summed E-state index contributed by atoms with van der Waals surface area (Å²) in [5, 5.41) is 0. The summed E-state index contributed by atoms with van der Waals surface area (Å²) in [6.45, 7) is 17.4. The third kappa shape index (κ3) is 4.86. The summed E-state index contributed by atoms with van der Waals surface area (Å²) in [6, 6.07) is 0.960. The molecular formula is C20H38N2O4. The van der Waals surface area contributed by atoms with Gasteiger partial charge in [-0.2, -0.15) is 0 Å². The van der Waals surface area contributed by atoms with Crippen LogP contribution in [-0.2, 0) is 18.9 Å². The minimum absolute atomic E-state index is 0.00274. The van der Waals surface area contributed by atoms with Gasteiger partial charge in [0.05, 0.1) is 25.4 Å². The van der Waals surface area contributed by atoms with Crippen LogP contribution < -0.4 is 0 Å². The van der Waals surface area contributed by atoms with Gasteiger partial charge in [-0.05, 0) is 27.7 Å². The lowest BCUT2D eigenvalue weighted by molar-refractivity contribution is -0.107. The van der Waals surface area contributed by atoms with Crippen molar-refractivity contribution in [2.45, 2.75) is 63.7 Å². The zero-order valence-corrected chi connectivity index (χ0v) is 17.4. The summed E-state index contributed by atoms with van der Waals surface area (Å²) in [5.74, 6) is 0. The van der Waals surface area contributed by atoms with Crippen molar-refractivity contribution in [1.29, 1.82) is 0 Å². The second kappa shape index (κ2) is 9.62. The molecule has 6 nitrogen and oxygen atoms in total. The Balaban J connectivity index is 1.84. The molecule has 0 aromatic rings. The van der Waals surface area contributed by atoms with E-state index in [4.69, 9.17) is 18.9 Å². The standard InChI is InChI=1S/C20H38N2O4/c1-8-20(14-22(16(4)5)13-19(20)24-7)26-10-9-25-18-12-21(15(2)3)11-17(18)23-6/h8,15-19H,1,9-14H2,2-7H3/t17-,18+,19+,20-/m1/s1. The second-order valence-corrected chi connectivity index (χ2v) is 7.99. The number of methoxy groups -OCH3 is 2. The summed E-state index contributed by atoms with van der Waals surface area (Å²) in [5.41, 5.74) is -0.470. The van der Waals surface area contributed by atoms with Crippen molar-refractivity contribution in [2.75, 3.05) is 53.6 Å². The lowest BCUT2D eigenvalue weighted by Gasteiger charge is -2.31. The van der Waals surface area contributed by atoms with E-state index in [1.807, 2.05) is 6.08 Å². The van der Waals surface area contributed by atoms with Crippen molar-refractivity contribution < 1.29 is 18.9 Å². The molecular weight excluding hydrogens is 332 g/mol. The summed E-state index contributed by atoms with van der Waals surface area (Å²) in [6.07, 6.45) is 2.12. The van der Waals surface area contributed by atoms with Gasteiger partial charge in [0.25, 0.3) is 0 Å². The van der Waals surface area contributed by atoms with E-state index in [2.05, 4.69) is 44.1 Å². The van der Waals surface area contributed by atoms with Gasteiger partial charge in [0.15, 0.2) is 0 Å². The van der Waals surface area contributed by atoms with Crippen LogP contribution in [0.15, 0.2) is 12.7 Å². The molecule has 152 valence electrons. The highest BCUT2D eigenvalue weighted by atomic mass is 16.6. The van der Waals surface area contributed by atoms with Crippen LogP contribution in [-0.4, -0.2) is 99.4 Å². The minimum atomic E-state index is -0.470. The van der Waals surface area contributed by atoms with Gasteiger partial charge in [-0.1, -0.05) is 6.08 Å². The zero-order chi connectivity index (χ0) is 19.3. The Morgan fingerprint density at radius 1 is 0.962 bits per heavy atom. The fourth-order valence-corrected chi connectivity index (χ4v) is 3.92. The molecule has 6 heteroatoms. The van der Waals surface area contributed by atoms with Gasteiger partial charge >= 0.3 is 0 Å². The van der Waals surface area contributed by atoms with E-state index >= 15 is 0 Å². The molecule has 2 aliphatic heterocycles. The Morgan fingerprint density at radius 2 is 1.62 bits per heavy atom. The molecule has 0 aromatic heterocycles. The smallest absolute Gasteiger partial charge is 0.126 e. The van der Waals surface area contributed by atoms with Crippen molar-refractivity contribution in [3.8, 4) is 0 Å². The molecule has 0 bridgehead atoms. The van der Waals surface area contributed by atoms with Crippen LogP contribution >= 0.6 is 0 Å². The van der Waals surface area contributed by atoms with Crippen LogP contribution in [0, 0.1) is 0 Å². The first-order valence-corrected chi connectivity index (χ1v) is 9.79. The Kier molecular flexibility index (Phi) is 8.07. The summed E-state index contributed by atoms with van der Waals surface area (Å²) in [4.78, 5) is 4.76. The van der Waals surface area contributed by atoms with Gasteiger partial charge in [0.1, 0.15) is 11.7 Å². The predicted octanol–water partition coefficient (Wildman–Crippen LogP) is 1.79. The molecule has 2 fully saturated rings. The zero-order valence-electron chi connectivity index (χ0n) is 17.4. The van der Waals surface area contributed by atoms with Gasteiger partial charge in [0.2, 0.25) is 0 Å². The van der Waals surface area contributed by atoms with Gasteiger partial charge in [-0.3, -0.25) is 9.80 Å². The number of hydrogen-bond donors (Lipinski definition) is 0. The molecule has 2 rings (SSSR count). The first-order chi connectivity index (χ1) is 12.4. The van der Waals surface area contributed by atoms with Crippen molar-refractivity contribution in [2.24, 2.45) is 0 Å². The van der Waals surface area contributed by atoms with Crippen LogP contribution in [0.5, 0.6) is 0 Å². The molecule has 2 aliphatic rings. The first kappa shape index (κ1) is 21.8. The fourth-order valence-electron chi connectivity index (χ4n) is 3.92. The van der Waals surface area contributed by atoms with Crippen molar-refractivity contribution in [3.63, 3.8) is 0 Å². The Bertz CT molecular complexity index is 446. The van der Waals surface area contributed by atoms with E-state index in [-0.39, 0.29) is 18.3 Å². The van der Waals surface area contributed by atoms with E-state index in [1.165, 1.54) is 0 Å². The number of nitrogens with zero attached hydrogens (tertiary/aromatic N) is 2. The molecule has 26 heavy (non-hydrogen) atoms. The van der Waals surface area contributed by atoms with Crippen LogP contribution in [0.2, 0.25) is 0 Å². The number of ether oxygens (including phenoxy) is 4. The van der Waals surface area contributed by atoms with Gasteiger partial charge in [-0.25, -0.2) is 0 Å². The lowest BCUT2D eigenvalue weighted by atomic mass is 10.0. The molecule has 0 amide bonds. The quantitative estimate of drug-likeness (QED) is 0.431. The van der Waals surface area contributed by atoms with Crippen molar-refractivity contribution >= 4 is 0 Å². The van der Waals surface area contributed by atoms with Crippen LogP contribution in [0.1, 0.15) is 27.7 Å². The van der Waals surface area contributed by atoms with E-state index < -0.39 is 5.60 Å². The lowest BCUT2D eigenvalue weighted by Crippen LogP contribution is -2.44. The monoisotopic (exact) mass is 370 g/mol. The number of hydrogen-bond acceptors (Lipinski definition) is 6. The largest absolute Gasteiger partial charge is 0.377 e. The summed E-state index contributed by atoms with van der Waals surface area (Å²) >= 11 is 0. The highest BCUT2D eigenvalue weighted by molar-refractivity contribution is 5.11. The first-order valence-electron chi connectivity index (χ1n) is 9.79. The maximum atomic E-state index is 6.26. The van der Waals surface area contributed by atoms with Crippen molar-refractivity contribution in [3.05, 3.63) is 12.7 Å². The Labute approximate surface area is 159 Å². The van der Waals surface area contributed by atoms with Gasteiger partial charge in [0, 0.05) is 52.5 Å². The molecule has 4 atom stereocenters. The second-order valence-electron chi connectivity index (χ2n) is 7.99. The summed E-state index contributed by atoms with van der Waals surface area (Å²) < 4.78 is 23.7. The van der Waals surface area contributed by atoms with E-state index in [1.54, 1.807) is 14.2 Å². The third-order valence-corrected chi connectivity index (χ3v) is 5.82.